The lowest BCUT2D eigenvalue weighted by molar-refractivity contribution is -0.142. The zero-order valence-corrected chi connectivity index (χ0v) is 11.8. The van der Waals surface area contributed by atoms with Crippen LogP contribution >= 0.6 is 15.9 Å². The van der Waals surface area contributed by atoms with E-state index in [4.69, 9.17) is 4.74 Å². The highest BCUT2D eigenvalue weighted by Crippen LogP contribution is 2.31. The van der Waals surface area contributed by atoms with Crippen molar-refractivity contribution in [2.75, 3.05) is 6.61 Å². The second-order valence-corrected chi connectivity index (χ2v) is 4.77. The molecule has 5 heteroatoms. The van der Waals surface area contributed by atoms with Crippen LogP contribution in [0.15, 0.2) is 34.3 Å². The number of ketones is 2. The van der Waals surface area contributed by atoms with Crippen molar-refractivity contribution >= 4 is 33.5 Å². The number of carbonyl (C=O) groups excluding carboxylic acids is 3. The van der Waals surface area contributed by atoms with Crippen LogP contribution in [0.1, 0.15) is 34.1 Å². The molecular weight excluding hydrogens is 312 g/mol. The standard InChI is InChI=1S/C14H11BrO4/c1-2-19-11(16)7-10-12(15)14(18)9-6-4-3-5-8(9)13(10)17/h3-6H,2,7H2,1H3. The number of Topliss-reactive ketones (excluding diaryl/α,β-unsaturated/α-hetero) is 2. The molecule has 0 spiro atoms. The fourth-order valence-electron chi connectivity index (χ4n) is 1.91. The summed E-state index contributed by atoms with van der Waals surface area (Å²) in [7, 11) is 0. The van der Waals surface area contributed by atoms with Crippen LogP contribution in [-0.4, -0.2) is 24.1 Å². The summed E-state index contributed by atoms with van der Waals surface area (Å²) < 4.78 is 4.95. The number of halogens is 1. The van der Waals surface area contributed by atoms with Crippen LogP contribution in [0.2, 0.25) is 0 Å². The zero-order chi connectivity index (χ0) is 14.0. The number of benzene rings is 1. The second-order valence-electron chi connectivity index (χ2n) is 3.98. The highest BCUT2D eigenvalue weighted by atomic mass is 79.9. The van der Waals surface area contributed by atoms with Crippen LogP contribution < -0.4 is 0 Å². The van der Waals surface area contributed by atoms with Crippen molar-refractivity contribution in [1.29, 1.82) is 0 Å². The average molecular weight is 323 g/mol. The minimum atomic E-state index is -0.519. The molecule has 0 heterocycles. The normalized spacial score (nSPS) is 14.4. The predicted molar refractivity (Wildman–Crippen MR) is 72.3 cm³/mol. The van der Waals surface area contributed by atoms with Gasteiger partial charge in [-0.2, -0.15) is 0 Å². The molecule has 0 aliphatic heterocycles. The van der Waals surface area contributed by atoms with Gasteiger partial charge in [-0.1, -0.05) is 24.3 Å². The lowest BCUT2D eigenvalue weighted by atomic mass is 9.88. The SMILES string of the molecule is CCOC(=O)CC1=C(Br)C(=O)c2ccccc2C1=O. The molecule has 0 radical (unpaired) electrons. The van der Waals surface area contributed by atoms with Gasteiger partial charge >= 0.3 is 5.97 Å². The molecule has 0 amide bonds. The molecule has 1 aliphatic carbocycles. The summed E-state index contributed by atoms with van der Waals surface area (Å²) in [5, 5.41) is 0. The van der Waals surface area contributed by atoms with Crippen molar-refractivity contribution < 1.29 is 19.1 Å². The molecule has 0 atom stereocenters. The molecule has 0 N–H and O–H groups in total. The lowest BCUT2D eigenvalue weighted by Gasteiger charge is -2.17. The van der Waals surface area contributed by atoms with Crippen molar-refractivity contribution in [2.45, 2.75) is 13.3 Å². The first-order valence-electron chi connectivity index (χ1n) is 5.79. The molecule has 19 heavy (non-hydrogen) atoms. The van der Waals surface area contributed by atoms with E-state index in [1.807, 2.05) is 0 Å². The fourth-order valence-corrected chi connectivity index (χ4v) is 2.44. The summed E-state index contributed by atoms with van der Waals surface area (Å²) >= 11 is 3.11. The van der Waals surface area contributed by atoms with Gasteiger partial charge in [-0.25, -0.2) is 0 Å². The number of hydrogen-bond donors (Lipinski definition) is 0. The Bertz CT molecular complexity index is 601. The second kappa shape index (κ2) is 5.48. The molecule has 1 aromatic carbocycles. The van der Waals surface area contributed by atoms with Crippen LogP contribution in [0.25, 0.3) is 0 Å². The Balaban J connectivity index is 2.40. The molecule has 0 aromatic heterocycles. The number of hydrogen-bond acceptors (Lipinski definition) is 4. The molecule has 0 saturated heterocycles. The molecule has 0 unspecified atom stereocenters. The van der Waals surface area contributed by atoms with Gasteiger partial charge in [0.25, 0.3) is 0 Å². The molecule has 0 saturated carbocycles. The maximum atomic E-state index is 12.3. The smallest absolute Gasteiger partial charge is 0.310 e. The van der Waals surface area contributed by atoms with Gasteiger partial charge in [-0.05, 0) is 22.9 Å². The van der Waals surface area contributed by atoms with Gasteiger partial charge in [0, 0.05) is 16.7 Å². The van der Waals surface area contributed by atoms with Crippen LogP contribution in [0, 0.1) is 0 Å². The van der Waals surface area contributed by atoms with Crippen LogP contribution in [0.4, 0.5) is 0 Å². The molecule has 4 nitrogen and oxygen atoms in total. The van der Waals surface area contributed by atoms with Crippen LogP contribution in [-0.2, 0) is 9.53 Å². The van der Waals surface area contributed by atoms with Crippen molar-refractivity contribution in [2.24, 2.45) is 0 Å². The molecule has 0 fully saturated rings. The first kappa shape index (κ1) is 13.7. The Labute approximate surface area is 118 Å². The Morgan fingerprint density at radius 3 is 2.32 bits per heavy atom. The van der Waals surface area contributed by atoms with E-state index in [0.717, 1.165) is 0 Å². The predicted octanol–water partition coefficient (Wildman–Crippen LogP) is 2.67. The number of allylic oxidation sites excluding steroid dienone is 1. The van der Waals surface area contributed by atoms with Crippen molar-refractivity contribution in [1.82, 2.24) is 0 Å². The minimum Gasteiger partial charge on any atom is -0.466 e. The van der Waals surface area contributed by atoms with Gasteiger partial charge in [0.1, 0.15) is 0 Å². The van der Waals surface area contributed by atoms with Gasteiger partial charge in [0.15, 0.2) is 5.78 Å². The maximum Gasteiger partial charge on any atom is 0.310 e. The Morgan fingerprint density at radius 2 is 1.74 bits per heavy atom. The third-order valence-electron chi connectivity index (χ3n) is 2.78. The first-order chi connectivity index (χ1) is 9.06. The zero-order valence-electron chi connectivity index (χ0n) is 10.2. The van der Waals surface area contributed by atoms with Crippen LogP contribution in [0.3, 0.4) is 0 Å². The summed E-state index contributed by atoms with van der Waals surface area (Å²) in [5.41, 5.74) is 0.837. The molecular formula is C14H11BrO4. The lowest BCUT2D eigenvalue weighted by Crippen LogP contribution is -2.22. The molecule has 0 bridgehead atoms. The van der Waals surface area contributed by atoms with Gasteiger partial charge in [0.2, 0.25) is 5.78 Å². The Morgan fingerprint density at radius 1 is 1.16 bits per heavy atom. The van der Waals surface area contributed by atoms with Gasteiger partial charge in [-0.3, -0.25) is 14.4 Å². The Hall–Kier alpha value is -1.75. The number of esters is 1. The van der Waals surface area contributed by atoms with E-state index < -0.39 is 5.97 Å². The van der Waals surface area contributed by atoms with Crippen LogP contribution in [0.5, 0.6) is 0 Å². The summed E-state index contributed by atoms with van der Waals surface area (Å²) in [4.78, 5) is 35.8. The fraction of sp³-hybridized carbons (Fsp3) is 0.214. The third kappa shape index (κ3) is 2.51. The molecule has 98 valence electrons. The van der Waals surface area contributed by atoms with E-state index in [1.54, 1.807) is 31.2 Å². The number of carbonyl (C=O) groups is 3. The topological polar surface area (TPSA) is 60.4 Å². The van der Waals surface area contributed by atoms with E-state index in [0.29, 0.717) is 11.1 Å². The number of ether oxygens (including phenoxy) is 1. The quantitative estimate of drug-likeness (QED) is 0.803. The van der Waals surface area contributed by atoms with E-state index >= 15 is 0 Å². The average Bonchev–Trinajstić information content (AvgIpc) is 2.41. The van der Waals surface area contributed by atoms with Crippen molar-refractivity contribution in [3.05, 3.63) is 45.4 Å². The molecule has 1 aromatic rings. The molecule has 2 rings (SSSR count). The minimum absolute atomic E-state index is 0.143. The summed E-state index contributed by atoms with van der Waals surface area (Å²) in [5.74, 6) is -1.11. The summed E-state index contributed by atoms with van der Waals surface area (Å²) in [6.45, 7) is 1.92. The van der Waals surface area contributed by atoms with Crippen molar-refractivity contribution in [3.8, 4) is 0 Å². The third-order valence-corrected chi connectivity index (χ3v) is 3.62. The van der Waals surface area contributed by atoms with E-state index in [-0.39, 0.29) is 34.6 Å². The Kier molecular flexibility index (Phi) is 3.95. The molecule has 1 aliphatic rings. The van der Waals surface area contributed by atoms with Gasteiger partial charge in [-0.15, -0.1) is 0 Å². The largest absolute Gasteiger partial charge is 0.466 e. The monoisotopic (exact) mass is 322 g/mol. The summed E-state index contributed by atoms with van der Waals surface area (Å²) in [6.07, 6.45) is -0.201. The summed E-state index contributed by atoms with van der Waals surface area (Å²) in [6, 6.07) is 6.56. The van der Waals surface area contributed by atoms with E-state index in [9.17, 15) is 14.4 Å². The first-order valence-corrected chi connectivity index (χ1v) is 6.58. The highest BCUT2D eigenvalue weighted by molar-refractivity contribution is 9.12. The van der Waals surface area contributed by atoms with E-state index in [2.05, 4.69) is 15.9 Å². The van der Waals surface area contributed by atoms with Gasteiger partial charge < -0.3 is 4.74 Å². The van der Waals surface area contributed by atoms with Crippen molar-refractivity contribution in [3.63, 3.8) is 0 Å². The maximum absolute atomic E-state index is 12.3. The number of rotatable bonds is 3. The van der Waals surface area contributed by atoms with Gasteiger partial charge in [0.05, 0.1) is 17.5 Å². The highest BCUT2D eigenvalue weighted by Gasteiger charge is 2.31. The van der Waals surface area contributed by atoms with E-state index in [1.165, 1.54) is 0 Å². The number of fused-ring (bicyclic) bond motifs is 1.